The molecular formula is C14H17NO6S. The number of sulfonamides is 1. The first kappa shape index (κ1) is 15.3. The van der Waals surface area contributed by atoms with Gasteiger partial charge in [0.05, 0.1) is 30.6 Å². The highest BCUT2D eigenvalue weighted by Gasteiger charge is 2.32. The van der Waals surface area contributed by atoms with Crippen LogP contribution in [0.25, 0.3) is 0 Å². The molecule has 0 amide bonds. The summed E-state index contributed by atoms with van der Waals surface area (Å²) < 4.78 is 37.4. The van der Waals surface area contributed by atoms with E-state index < -0.39 is 22.1 Å². The Morgan fingerprint density at radius 1 is 1.36 bits per heavy atom. The van der Waals surface area contributed by atoms with Crippen molar-refractivity contribution in [1.29, 1.82) is 0 Å². The van der Waals surface area contributed by atoms with Gasteiger partial charge in [0.15, 0.2) is 0 Å². The molecular weight excluding hydrogens is 310 g/mol. The Labute approximate surface area is 128 Å². The maximum atomic E-state index is 12.7. The Bertz CT molecular complexity index is 687. The molecule has 0 aliphatic carbocycles. The number of carboxylic acids is 1. The van der Waals surface area contributed by atoms with E-state index in [1.54, 1.807) is 18.2 Å². The van der Waals surface area contributed by atoms with E-state index in [0.717, 1.165) is 12.0 Å². The molecule has 1 N–H and O–H groups in total. The molecule has 1 aromatic rings. The van der Waals surface area contributed by atoms with Gasteiger partial charge in [-0.1, -0.05) is 6.07 Å². The lowest BCUT2D eigenvalue weighted by atomic mass is 10.2. The number of hydrogen-bond donors (Lipinski definition) is 1. The molecule has 1 aromatic carbocycles. The summed E-state index contributed by atoms with van der Waals surface area (Å²) in [7, 11) is -3.67. The zero-order valence-corrected chi connectivity index (χ0v) is 12.7. The maximum Gasteiger partial charge on any atom is 0.306 e. The molecule has 0 saturated carbocycles. The minimum atomic E-state index is -3.67. The van der Waals surface area contributed by atoms with Crippen LogP contribution in [0.2, 0.25) is 0 Å². The molecule has 0 bridgehead atoms. The molecule has 22 heavy (non-hydrogen) atoms. The van der Waals surface area contributed by atoms with Crippen molar-refractivity contribution in [2.75, 3.05) is 26.3 Å². The lowest BCUT2D eigenvalue weighted by Gasteiger charge is -2.31. The van der Waals surface area contributed by atoms with Crippen LogP contribution >= 0.6 is 0 Å². The molecule has 1 atom stereocenters. The molecule has 2 heterocycles. The van der Waals surface area contributed by atoms with Crippen LogP contribution in [-0.2, 0) is 26.0 Å². The number of aliphatic carboxylic acids is 1. The number of carbonyl (C=O) groups is 1. The topological polar surface area (TPSA) is 93.1 Å². The van der Waals surface area contributed by atoms with Gasteiger partial charge in [-0.2, -0.15) is 4.31 Å². The van der Waals surface area contributed by atoms with E-state index in [0.29, 0.717) is 12.4 Å². The second-order valence-electron chi connectivity index (χ2n) is 5.32. The van der Waals surface area contributed by atoms with Crippen molar-refractivity contribution >= 4 is 16.0 Å². The Morgan fingerprint density at radius 3 is 2.95 bits per heavy atom. The predicted molar refractivity (Wildman–Crippen MR) is 76.4 cm³/mol. The quantitative estimate of drug-likeness (QED) is 0.865. The highest BCUT2D eigenvalue weighted by Crippen LogP contribution is 2.30. The summed E-state index contributed by atoms with van der Waals surface area (Å²) in [5, 5.41) is 8.81. The van der Waals surface area contributed by atoms with Crippen molar-refractivity contribution in [2.45, 2.75) is 23.8 Å². The number of ether oxygens (including phenoxy) is 2. The lowest BCUT2D eigenvalue weighted by Crippen LogP contribution is -2.46. The Hall–Kier alpha value is -1.64. The van der Waals surface area contributed by atoms with Gasteiger partial charge >= 0.3 is 5.97 Å². The summed E-state index contributed by atoms with van der Waals surface area (Å²) in [5.41, 5.74) is 1.00. The minimum absolute atomic E-state index is 0.0482. The first-order chi connectivity index (χ1) is 10.5. The molecule has 1 unspecified atom stereocenters. The zero-order valence-electron chi connectivity index (χ0n) is 11.9. The van der Waals surface area contributed by atoms with E-state index in [2.05, 4.69) is 0 Å². The highest BCUT2D eigenvalue weighted by atomic mass is 32.2. The van der Waals surface area contributed by atoms with Crippen LogP contribution in [0.1, 0.15) is 12.0 Å². The molecule has 2 aliphatic heterocycles. The normalized spacial score (nSPS) is 22.1. The Kier molecular flexibility index (Phi) is 4.07. The van der Waals surface area contributed by atoms with Gasteiger partial charge in [0.2, 0.25) is 10.0 Å². The van der Waals surface area contributed by atoms with Crippen molar-refractivity contribution in [3.8, 4) is 5.75 Å². The van der Waals surface area contributed by atoms with E-state index in [1.165, 1.54) is 4.31 Å². The Balaban J connectivity index is 1.81. The molecule has 3 rings (SSSR count). The summed E-state index contributed by atoms with van der Waals surface area (Å²) in [6.07, 6.45) is -0.0422. The van der Waals surface area contributed by atoms with Crippen LogP contribution in [0.15, 0.2) is 23.1 Å². The summed E-state index contributed by atoms with van der Waals surface area (Å²) in [6, 6.07) is 4.88. The van der Waals surface area contributed by atoms with Crippen LogP contribution in [0.4, 0.5) is 0 Å². The summed E-state index contributed by atoms with van der Waals surface area (Å²) in [6.45, 7) is 1.03. The fourth-order valence-corrected chi connectivity index (χ4v) is 4.16. The van der Waals surface area contributed by atoms with Gasteiger partial charge < -0.3 is 14.6 Å². The SMILES string of the molecule is O=C(O)CC1CN(S(=O)(=O)c2ccc3c(c2)OCC3)CCO1. The van der Waals surface area contributed by atoms with Crippen LogP contribution in [0.5, 0.6) is 5.75 Å². The second-order valence-corrected chi connectivity index (χ2v) is 7.26. The van der Waals surface area contributed by atoms with Gasteiger partial charge in [0.1, 0.15) is 5.75 Å². The van der Waals surface area contributed by atoms with E-state index in [-0.39, 0.29) is 31.0 Å². The van der Waals surface area contributed by atoms with Gasteiger partial charge in [0, 0.05) is 25.6 Å². The monoisotopic (exact) mass is 327 g/mol. The second kappa shape index (κ2) is 5.86. The molecule has 8 heteroatoms. The number of benzene rings is 1. The molecule has 0 spiro atoms. The van der Waals surface area contributed by atoms with Crippen molar-refractivity contribution < 1.29 is 27.8 Å². The summed E-state index contributed by atoms with van der Waals surface area (Å²) >= 11 is 0. The smallest absolute Gasteiger partial charge is 0.306 e. The van der Waals surface area contributed by atoms with Crippen LogP contribution in [0, 0.1) is 0 Å². The van der Waals surface area contributed by atoms with E-state index in [9.17, 15) is 13.2 Å². The number of hydrogen-bond acceptors (Lipinski definition) is 5. The van der Waals surface area contributed by atoms with Gasteiger partial charge in [-0.15, -0.1) is 0 Å². The first-order valence-electron chi connectivity index (χ1n) is 7.06. The van der Waals surface area contributed by atoms with Gasteiger partial charge in [-0.25, -0.2) is 8.42 Å². The first-order valence-corrected chi connectivity index (χ1v) is 8.50. The minimum Gasteiger partial charge on any atom is -0.493 e. The van der Waals surface area contributed by atoms with Crippen molar-refractivity contribution in [2.24, 2.45) is 0 Å². The number of fused-ring (bicyclic) bond motifs is 1. The molecule has 120 valence electrons. The van der Waals surface area contributed by atoms with Crippen LogP contribution in [0.3, 0.4) is 0 Å². The number of carboxylic acid groups (broad SMARTS) is 1. The van der Waals surface area contributed by atoms with E-state index in [1.807, 2.05) is 0 Å². The van der Waals surface area contributed by atoms with Crippen molar-refractivity contribution in [3.05, 3.63) is 23.8 Å². The highest BCUT2D eigenvalue weighted by molar-refractivity contribution is 7.89. The third-order valence-corrected chi connectivity index (χ3v) is 5.67. The molecule has 2 aliphatic rings. The van der Waals surface area contributed by atoms with E-state index in [4.69, 9.17) is 14.6 Å². The van der Waals surface area contributed by atoms with Crippen LogP contribution < -0.4 is 4.74 Å². The average molecular weight is 327 g/mol. The van der Waals surface area contributed by atoms with Crippen LogP contribution in [-0.4, -0.2) is 56.2 Å². The summed E-state index contributed by atoms with van der Waals surface area (Å²) in [5.74, 6) is -0.397. The molecule has 7 nitrogen and oxygen atoms in total. The molecule has 0 radical (unpaired) electrons. The third-order valence-electron chi connectivity index (χ3n) is 3.81. The number of nitrogens with zero attached hydrogens (tertiary/aromatic N) is 1. The van der Waals surface area contributed by atoms with Gasteiger partial charge in [0.25, 0.3) is 0 Å². The fraction of sp³-hybridized carbons (Fsp3) is 0.500. The van der Waals surface area contributed by atoms with Gasteiger partial charge in [-0.3, -0.25) is 4.79 Å². The van der Waals surface area contributed by atoms with E-state index >= 15 is 0 Å². The largest absolute Gasteiger partial charge is 0.493 e. The number of morpholine rings is 1. The van der Waals surface area contributed by atoms with Crippen molar-refractivity contribution in [1.82, 2.24) is 4.31 Å². The number of rotatable bonds is 4. The third kappa shape index (κ3) is 2.94. The lowest BCUT2D eigenvalue weighted by molar-refractivity contribution is -0.141. The predicted octanol–water partition coefficient (Wildman–Crippen LogP) is 0.486. The zero-order chi connectivity index (χ0) is 15.7. The molecule has 1 saturated heterocycles. The fourth-order valence-electron chi connectivity index (χ4n) is 2.69. The standard InChI is InChI=1S/C14H17NO6S/c16-14(17)7-11-9-15(4-6-20-11)22(18,19)12-2-1-10-3-5-21-13(10)8-12/h1-2,8,11H,3-7,9H2,(H,16,17). The average Bonchev–Trinajstić information content (AvgIpc) is 2.94. The molecule has 0 aromatic heterocycles. The van der Waals surface area contributed by atoms with Crippen molar-refractivity contribution in [3.63, 3.8) is 0 Å². The maximum absolute atomic E-state index is 12.7. The van der Waals surface area contributed by atoms with Gasteiger partial charge in [-0.05, 0) is 11.6 Å². The Morgan fingerprint density at radius 2 is 2.18 bits per heavy atom. The molecule has 1 fully saturated rings. The summed E-state index contributed by atoms with van der Waals surface area (Å²) in [4.78, 5) is 10.9.